The van der Waals surface area contributed by atoms with Crippen LogP contribution in [-0.2, 0) is 52.7 Å². The van der Waals surface area contributed by atoms with Gasteiger partial charge in [-0.05, 0) is 136 Å². The zero-order valence-electron chi connectivity index (χ0n) is 55.5. The molecule has 11 N–H and O–H groups in total. The van der Waals surface area contributed by atoms with Gasteiger partial charge >= 0.3 is 0 Å². The summed E-state index contributed by atoms with van der Waals surface area (Å²) in [6, 6.07) is -6.61. The van der Waals surface area contributed by atoms with Gasteiger partial charge in [-0.1, -0.05) is 88.7 Å². The van der Waals surface area contributed by atoms with Gasteiger partial charge in [-0.15, -0.1) is 0 Å². The van der Waals surface area contributed by atoms with E-state index in [2.05, 4.69) is 47.9 Å². The van der Waals surface area contributed by atoms with Crippen LogP contribution in [-0.4, -0.2) is 184 Å². The number of nitrogens with one attached hydrogen (secondary N) is 9. The van der Waals surface area contributed by atoms with Crippen LogP contribution < -0.4 is 47.9 Å². The smallest absolute Gasteiger partial charge is 0.246 e. The fraction of sp³-hybridized carbons (Fsp3) is 0.790. The number of nitrogens with zero attached hydrogens (tertiary/aromatic N) is 2. The monoisotopic (exact) mass is 1220 g/mol. The van der Waals surface area contributed by atoms with E-state index in [1.807, 2.05) is 74.4 Å². The average Bonchev–Trinajstić information content (AvgIpc) is 3.94. The van der Waals surface area contributed by atoms with Crippen LogP contribution in [0.25, 0.3) is 0 Å². The molecule has 1 saturated heterocycles. The van der Waals surface area contributed by atoms with E-state index in [-0.39, 0.29) is 98.8 Å². The molecule has 0 spiro atoms. The van der Waals surface area contributed by atoms with Crippen molar-refractivity contribution in [3.8, 4) is 0 Å². The third kappa shape index (κ3) is 27.4. The van der Waals surface area contributed by atoms with Crippen LogP contribution in [0.3, 0.4) is 0 Å². The Morgan fingerprint density at radius 2 is 1.15 bits per heavy atom. The van der Waals surface area contributed by atoms with Crippen molar-refractivity contribution in [2.45, 2.75) is 247 Å². The normalized spacial score (nSPS) is 18.0. The number of allylic oxidation sites excluding steroid dienone is 1. The zero-order valence-corrected chi connectivity index (χ0v) is 55.5. The first-order valence-electron chi connectivity index (χ1n) is 30.8. The number of Topliss-reactive ketones (excluding diaryl/α,β-unsaturated/α-hetero) is 1. The van der Waals surface area contributed by atoms with Crippen molar-refractivity contribution in [1.29, 1.82) is 0 Å². The van der Waals surface area contributed by atoms with Gasteiger partial charge in [0.05, 0.1) is 12.2 Å². The van der Waals surface area contributed by atoms with Gasteiger partial charge in [0, 0.05) is 44.9 Å². The molecule has 1 aliphatic rings. The molecule has 11 atom stereocenters. The molecule has 1 heterocycles. The van der Waals surface area contributed by atoms with Gasteiger partial charge in [-0.3, -0.25) is 52.7 Å². The maximum Gasteiger partial charge on any atom is 0.246 e. The molecule has 0 bridgehead atoms. The number of amides is 10. The number of aliphatic hydroxyl groups is 2. The van der Waals surface area contributed by atoms with Crippen molar-refractivity contribution in [3.63, 3.8) is 0 Å². The summed E-state index contributed by atoms with van der Waals surface area (Å²) in [5.41, 5.74) is -4.93. The van der Waals surface area contributed by atoms with E-state index < -0.39 is 118 Å². The Labute approximate surface area is 512 Å². The van der Waals surface area contributed by atoms with E-state index in [1.54, 1.807) is 33.8 Å². The number of likely N-dealkylation sites (N-methyl/N-ethyl adjacent to an activating group) is 1. The molecule has 0 saturated carbocycles. The van der Waals surface area contributed by atoms with Crippen molar-refractivity contribution in [2.75, 3.05) is 33.7 Å². The van der Waals surface area contributed by atoms with Gasteiger partial charge in [-0.25, -0.2) is 0 Å². The highest BCUT2D eigenvalue weighted by Gasteiger charge is 2.43. The Kier molecular flexibility index (Phi) is 32.4. The molecule has 0 aromatic heterocycles. The first kappa shape index (κ1) is 78.0. The van der Waals surface area contributed by atoms with Crippen LogP contribution in [0.5, 0.6) is 0 Å². The van der Waals surface area contributed by atoms with Gasteiger partial charge in [0.15, 0.2) is 0 Å². The third-order valence-corrected chi connectivity index (χ3v) is 15.1. The van der Waals surface area contributed by atoms with Crippen molar-refractivity contribution in [2.24, 2.45) is 35.5 Å². The number of likely N-dealkylation sites (tertiary alicyclic amines) is 1. The Morgan fingerprint density at radius 3 is 1.69 bits per heavy atom. The van der Waals surface area contributed by atoms with E-state index in [9.17, 15) is 63.0 Å². The number of hydrogen-bond acceptors (Lipinski definition) is 14. The summed E-state index contributed by atoms with van der Waals surface area (Å²) in [6.45, 7) is 31.1. The minimum absolute atomic E-state index is 0.00837. The fourth-order valence-corrected chi connectivity index (χ4v) is 9.77. The standard InChI is InChI=1S/C62H111N11O13/c1-21-38(9)23-24-49(77)73-33-40(11)31-47(73)55(82)66-46(30-39(10)29-43(75)32-42(74)22-2)53(80)68-50(51(78)37(7)8)56(83)70-61(15,16)58(85)67-44(27-35(3)4)52(79)65-45(28-36(5)6)54(81)69-62(17,18)59(86)71-60(13,14)57(84)63-26-25-48(76)64-41(12)34-72(19)20/h23-24,35-41,43-47,50-51,75,78H,21-22,25-34H2,1-20H3,(H,63,84)(H,64,76)(H,65,79)(H,66,82)(H,67,85)(H,68,80)(H,69,81)(H,70,83)(H,71,86)/b24-23+/t38-,39-,40+,41+,43+,44-,45+,46-,47-,50+,51+/m0/s1. The summed E-state index contributed by atoms with van der Waals surface area (Å²) in [5, 5.41) is 46.7. The molecule has 1 aliphatic heterocycles. The zero-order chi connectivity index (χ0) is 66.4. The van der Waals surface area contributed by atoms with Gasteiger partial charge in [0.1, 0.15) is 52.6 Å². The molecular formula is C62H111N11O13. The third-order valence-electron chi connectivity index (χ3n) is 15.1. The van der Waals surface area contributed by atoms with Crippen LogP contribution >= 0.6 is 0 Å². The minimum Gasteiger partial charge on any atom is -0.393 e. The Balaban J connectivity index is 3.44. The number of aliphatic hydroxyl groups excluding tert-OH is 2. The first-order valence-corrected chi connectivity index (χ1v) is 30.8. The van der Waals surface area contributed by atoms with Crippen LogP contribution in [0, 0.1) is 35.5 Å². The molecular weight excluding hydrogens is 1110 g/mol. The van der Waals surface area contributed by atoms with E-state index in [0.717, 1.165) is 6.42 Å². The van der Waals surface area contributed by atoms with Crippen molar-refractivity contribution in [3.05, 3.63) is 12.2 Å². The summed E-state index contributed by atoms with van der Waals surface area (Å²) in [5.74, 6) is -8.25. The summed E-state index contributed by atoms with van der Waals surface area (Å²) in [4.78, 5) is 154. The predicted molar refractivity (Wildman–Crippen MR) is 330 cm³/mol. The highest BCUT2D eigenvalue weighted by molar-refractivity contribution is 6.00. The summed E-state index contributed by atoms with van der Waals surface area (Å²) >= 11 is 0. The molecule has 10 amide bonds. The Morgan fingerprint density at radius 1 is 0.628 bits per heavy atom. The molecule has 0 aromatic rings. The van der Waals surface area contributed by atoms with Gasteiger partial charge in [0.2, 0.25) is 59.1 Å². The lowest BCUT2D eigenvalue weighted by Crippen LogP contribution is -2.66. The van der Waals surface area contributed by atoms with E-state index >= 15 is 0 Å². The second kappa shape index (κ2) is 35.7. The molecule has 0 aliphatic carbocycles. The quantitative estimate of drug-likeness (QED) is 0.0398. The number of hydrogen-bond donors (Lipinski definition) is 11. The van der Waals surface area contributed by atoms with E-state index in [0.29, 0.717) is 19.5 Å². The maximum atomic E-state index is 14.6. The lowest BCUT2D eigenvalue weighted by molar-refractivity contribution is -0.140. The van der Waals surface area contributed by atoms with Crippen molar-refractivity contribution >= 4 is 64.9 Å². The summed E-state index contributed by atoms with van der Waals surface area (Å²) < 4.78 is 0. The highest BCUT2D eigenvalue weighted by Crippen LogP contribution is 2.25. The average molecular weight is 1220 g/mol. The predicted octanol–water partition coefficient (Wildman–Crippen LogP) is 2.28. The molecule has 492 valence electrons. The summed E-state index contributed by atoms with van der Waals surface area (Å²) in [6.07, 6.45) is 2.07. The fourth-order valence-electron chi connectivity index (χ4n) is 9.77. The lowest BCUT2D eigenvalue weighted by atomic mass is 9.92. The molecule has 1 rings (SSSR count). The topological polar surface area (TPSA) is 343 Å². The second-order valence-electron chi connectivity index (χ2n) is 27.1. The summed E-state index contributed by atoms with van der Waals surface area (Å²) in [7, 11) is 3.77. The number of rotatable bonds is 37. The molecule has 24 nitrogen and oxygen atoms in total. The van der Waals surface area contributed by atoms with Gasteiger partial charge < -0.3 is 67.9 Å². The molecule has 86 heavy (non-hydrogen) atoms. The molecule has 24 heteroatoms. The Bertz CT molecular complexity index is 2340. The van der Waals surface area contributed by atoms with E-state index in [4.69, 9.17) is 0 Å². The van der Waals surface area contributed by atoms with Crippen LogP contribution in [0.15, 0.2) is 12.2 Å². The van der Waals surface area contributed by atoms with Crippen LogP contribution in [0.2, 0.25) is 0 Å². The largest absolute Gasteiger partial charge is 0.393 e. The van der Waals surface area contributed by atoms with Gasteiger partial charge in [-0.2, -0.15) is 0 Å². The van der Waals surface area contributed by atoms with E-state index in [1.165, 1.54) is 52.5 Å². The Hall–Kier alpha value is -6.01. The minimum atomic E-state index is -1.82. The SMILES string of the molecule is CCC(=O)C[C@H](O)C[C@H](C)C[C@H](NC(=O)[C@@H]1C[C@@H](C)CN1C(=O)/C=C/[C@@H](C)CC)C(=O)N[C@@H](C(=O)NC(C)(C)C(=O)N[C@@H](CC(C)C)C(=O)N[C@H](CC(C)C)C(=O)NC(C)(C)C(=O)NC(C)(C)C(=O)NCCC(=O)N[C@H](C)CN(C)C)[C@H](O)C(C)C. The first-order chi connectivity index (χ1) is 39.6. The van der Waals surface area contributed by atoms with Crippen LogP contribution in [0.4, 0.5) is 0 Å². The maximum absolute atomic E-state index is 14.6. The number of ketones is 1. The number of carbonyl (C=O) groups excluding carboxylic acids is 11. The van der Waals surface area contributed by atoms with Crippen molar-refractivity contribution < 1.29 is 63.0 Å². The lowest BCUT2D eigenvalue weighted by Gasteiger charge is -2.34. The molecule has 0 radical (unpaired) electrons. The highest BCUT2D eigenvalue weighted by atomic mass is 16.3. The van der Waals surface area contributed by atoms with Crippen molar-refractivity contribution in [1.82, 2.24) is 57.7 Å². The number of carbonyl (C=O) groups is 11. The van der Waals surface area contributed by atoms with Crippen LogP contribution in [0.1, 0.15) is 182 Å². The molecule has 0 unspecified atom stereocenters. The second-order valence-corrected chi connectivity index (χ2v) is 27.1. The molecule has 0 aromatic carbocycles. The molecule has 1 fully saturated rings. The van der Waals surface area contributed by atoms with Gasteiger partial charge in [0.25, 0.3) is 0 Å².